The summed E-state index contributed by atoms with van der Waals surface area (Å²) in [5.74, 6) is 1.01. The van der Waals surface area contributed by atoms with Crippen LogP contribution >= 0.6 is 0 Å². The minimum atomic E-state index is -0.143. The van der Waals surface area contributed by atoms with Crippen molar-refractivity contribution < 1.29 is 9.53 Å². The Hall–Kier alpha value is -2.02. The summed E-state index contributed by atoms with van der Waals surface area (Å²) in [5.41, 5.74) is 0.848. The highest BCUT2D eigenvalue weighted by Crippen LogP contribution is 2.14. The molecule has 0 bridgehead atoms. The highest BCUT2D eigenvalue weighted by atomic mass is 16.5. The fourth-order valence-electron chi connectivity index (χ4n) is 2.39. The van der Waals surface area contributed by atoms with Crippen molar-refractivity contribution in [1.82, 2.24) is 24.5 Å². The zero-order valence-corrected chi connectivity index (χ0v) is 11.6. The number of nitrogens with zero attached hydrogens (tertiary/aromatic N) is 5. The zero-order chi connectivity index (χ0) is 14.1. The normalized spacial score (nSPS) is 18.6. The van der Waals surface area contributed by atoms with Gasteiger partial charge in [-0.2, -0.15) is 0 Å². The molecule has 1 aliphatic heterocycles. The summed E-state index contributed by atoms with van der Waals surface area (Å²) < 4.78 is 6.95. The number of amides is 1. The first-order chi connectivity index (χ1) is 9.65. The average molecular weight is 275 g/mol. The third-order valence-electron chi connectivity index (χ3n) is 3.51. The Labute approximate surface area is 116 Å². The Morgan fingerprint density at radius 3 is 3.15 bits per heavy atom. The van der Waals surface area contributed by atoms with E-state index < -0.39 is 0 Å². The number of aromatic nitrogens is 4. The number of rotatable bonds is 3. The van der Waals surface area contributed by atoms with Gasteiger partial charge in [-0.25, -0.2) is 4.98 Å². The van der Waals surface area contributed by atoms with E-state index in [1.807, 2.05) is 13.0 Å². The van der Waals surface area contributed by atoms with Gasteiger partial charge in [0.25, 0.3) is 11.7 Å². The van der Waals surface area contributed by atoms with E-state index in [0.29, 0.717) is 24.1 Å². The van der Waals surface area contributed by atoms with Crippen LogP contribution in [-0.2, 0) is 4.74 Å². The summed E-state index contributed by atoms with van der Waals surface area (Å²) in [7, 11) is 1.78. The van der Waals surface area contributed by atoms with Gasteiger partial charge in [-0.15, -0.1) is 10.2 Å². The number of carbonyl (C=O) groups excluding carboxylic acids is 1. The minimum Gasteiger partial charge on any atom is -0.381 e. The molecule has 1 unspecified atom stereocenters. The molecular weight excluding hydrogens is 258 g/mol. The molecule has 0 spiro atoms. The molecule has 0 aliphatic carbocycles. The van der Waals surface area contributed by atoms with Crippen LogP contribution in [0.2, 0.25) is 0 Å². The first-order valence-electron chi connectivity index (χ1n) is 6.67. The van der Waals surface area contributed by atoms with E-state index in [9.17, 15) is 4.79 Å². The third-order valence-corrected chi connectivity index (χ3v) is 3.51. The largest absolute Gasteiger partial charge is 0.381 e. The van der Waals surface area contributed by atoms with E-state index in [4.69, 9.17) is 4.74 Å². The molecule has 3 heterocycles. The van der Waals surface area contributed by atoms with Crippen LogP contribution in [0.1, 0.15) is 22.7 Å². The van der Waals surface area contributed by atoms with E-state index in [0.717, 1.165) is 25.3 Å². The van der Waals surface area contributed by atoms with Gasteiger partial charge >= 0.3 is 0 Å². The van der Waals surface area contributed by atoms with E-state index in [1.165, 1.54) is 0 Å². The van der Waals surface area contributed by atoms with Crippen molar-refractivity contribution in [3.8, 4) is 0 Å². The lowest BCUT2D eigenvalue weighted by atomic mass is 10.1. The number of ether oxygens (including phenoxy) is 1. The molecule has 0 radical (unpaired) electrons. The predicted molar refractivity (Wildman–Crippen MR) is 71.4 cm³/mol. The molecule has 20 heavy (non-hydrogen) atoms. The summed E-state index contributed by atoms with van der Waals surface area (Å²) in [4.78, 5) is 18.3. The van der Waals surface area contributed by atoms with Crippen molar-refractivity contribution >= 4 is 11.7 Å². The molecule has 2 aromatic rings. The standard InChI is InChI=1S/C13H17N5O2/c1-9-3-5-18-11(15-16-13(18)14-9)12(19)17(2)7-10-4-6-20-8-10/h3,5,10H,4,6-8H2,1-2H3. The number of fused-ring (bicyclic) bond motifs is 1. The van der Waals surface area contributed by atoms with Crippen molar-refractivity contribution in [3.05, 3.63) is 23.8 Å². The molecule has 0 N–H and O–H groups in total. The Balaban J connectivity index is 1.80. The molecule has 2 aromatic heterocycles. The number of hydrogen-bond acceptors (Lipinski definition) is 5. The van der Waals surface area contributed by atoms with Gasteiger partial charge in [0.2, 0.25) is 5.82 Å². The molecule has 1 amide bonds. The van der Waals surface area contributed by atoms with Crippen molar-refractivity contribution in [3.63, 3.8) is 0 Å². The average Bonchev–Trinajstić information content (AvgIpc) is 3.06. The molecule has 3 rings (SSSR count). The van der Waals surface area contributed by atoms with Crippen LogP contribution < -0.4 is 0 Å². The maximum atomic E-state index is 12.4. The summed E-state index contributed by atoms with van der Waals surface area (Å²) in [6, 6.07) is 1.83. The van der Waals surface area contributed by atoms with Gasteiger partial charge in [0.05, 0.1) is 6.61 Å². The molecule has 1 saturated heterocycles. The monoisotopic (exact) mass is 275 g/mol. The molecule has 1 atom stereocenters. The summed E-state index contributed by atoms with van der Waals surface area (Å²) in [6.45, 7) is 4.05. The van der Waals surface area contributed by atoms with Crippen LogP contribution in [-0.4, -0.2) is 57.2 Å². The maximum absolute atomic E-state index is 12.4. The van der Waals surface area contributed by atoms with Crippen LogP contribution in [0.25, 0.3) is 5.78 Å². The highest BCUT2D eigenvalue weighted by molar-refractivity contribution is 5.91. The van der Waals surface area contributed by atoms with E-state index in [-0.39, 0.29) is 5.91 Å². The summed E-state index contributed by atoms with van der Waals surface area (Å²) in [5, 5.41) is 7.90. The van der Waals surface area contributed by atoms with E-state index in [2.05, 4.69) is 15.2 Å². The van der Waals surface area contributed by atoms with Crippen LogP contribution in [0.3, 0.4) is 0 Å². The lowest BCUT2D eigenvalue weighted by Gasteiger charge is -2.19. The lowest BCUT2D eigenvalue weighted by molar-refractivity contribution is 0.0752. The molecule has 106 valence electrons. The second-order valence-electron chi connectivity index (χ2n) is 5.18. The van der Waals surface area contributed by atoms with Crippen molar-refractivity contribution in [2.75, 3.05) is 26.8 Å². The Kier molecular flexibility index (Phi) is 3.35. The first-order valence-corrected chi connectivity index (χ1v) is 6.67. The van der Waals surface area contributed by atoms with Crippen molar-refractivity contribution in [2.45, 2.75) is 13.3 Å². The Morgan fingerprint density at radius 1 is 1.55 bits per heavy atom. The smallest absolute Gasteiger partial charge is 0.291 e. The van der Waals surface area contributed by atoms with Crippen molar-refractivity contribution in [1.29, 1.82) is 0 Å². The Bertz CT molecular complexity index is 633. The minimum absolute atomic E-state index is 0.143. The van der Waals surface area contributed by atoms with Crippen LogP contribution in [0.5, 0.6) is 0 Å². The Morgan fingerprint density at radius 2 is 2.40 bits per heavy atom. The van der Waals surface area contributed by atoms with Gasteiger partial charge in [-0.1, -0.05) is 0 Å². The fraction of sp³-hybridized carbons (Fsp3) is 0.538. The molecule has 0 aromatic carbocycles. The second kappa shape index (κ2) is 5.16. The van der Waals surface area contributed by atoms with Crippen LogP contribution in [0, 0.1) is 12.8 Å². The van der Waals surface area contributed by atoms with Crippen LogP contribution in [0.15, 0.2) is 12.3 Å². The maximum Gasteiger partial charge on any atom is 0.291 e. The second-order valence-corrected chi connectivity index (χ2v) is 5.18. The summed E-state index contributed by atoms with van der Waals surface area (Å²) in [6.07, 6.45) is 2.77. The molecule has 7 nitrogen and oxygen atoms in total. The number of carbonyl (C=O) groups is 1. The van der Waals surface area contributed by atoms with Gasteiger partial charge < -0.3 is 9.64 Å². The molecule has 7 heteroatoms. The molecule has 0 saturated carbocycles. The highest BCUT2D eigenvalue weighted by Gasteiger charge is 2.23. The van der Waals surface area contributed by atoms with Gasteiger partial charge in [-0.3, -0.25) is 9.20 Å². The fourth-order valence-corrected chi connectivity index (χ4v) is 2.39. The molecule has 1 aliphatic rings. The van der Waals surface area contributed by atoms with E-state index >= 15 is 0 Å². The first kappa shape index (κ1) is 13.0. The summed E-state index contributed by atoms with van der Waals surface area (Å²) >= 11 is 0. The number of aryl methyl sites for hydroxylation is 1. The van der Waals surface area contributed by atoms with E-state index in [1.54, 1.807) is 22.5 Å². The van der Waals surface area contributed by atoms with Crippen LogP contribution in [0.4, 0.5) is 0 Å². The lowest BCUT2D eigenvalue weighted by Crippen LogP contribution is -2.33. The van der Waals surface area contributed by atoms with Gasteiger partial charge in [-0.05, 0) is 19.4 Å². The topological polar surface area (TPSA) is 72.6 Å². The SMILES string of the molecule is Cc1ccn2c(C(=O)N(C)CC3CCOC3)nnc2n1. The van der Waals surface area contributed by atoms with Gasteiger partial charge in [0.1, 0.15) is 0 Å². The third kappa shape index (κ3) is 2.36. The zero-order valence-electron chi connectivity index (χ0n) is 11.6. The molecule has 1 fully saturated rings. The van der Waals surface area contributed by atoms with Gasteiger partial charge in [0, 0.05) is 38.0 Å². The van der Waals surface area contributed by atoms with Gasteiger partial charge in [0.15, 0.2) is 0 Å². The quantitative estimate of drug-likeness (QED) is 0.817. The predicted octanol–water partition coefficient (Wildman–Crippen LogP) is 0.541. The number of hydrogen-bond donors (Lipinski definition) is 0. The van der Waals surface area contributed by atoms with Crippen molar-refractivity contribution in [2.24, 2.45) is 5.92 Å². The molecular formula is C13H17N5O2.